The lowest BCUT2D eigenvalue weighted by Crippen LogP contribution is -2.04. The fraction of sp³-hybridized carbons (Fsp3) is 0.160. The highest BCUT2D eigenvalue weighted by Gasteiger charge is 2.11. The monoisotopic (exact) mass is 417 g/mol. The van der Waals surface area contributed by atoms with Crippen LogP contribution in [0.2, 0.25) is 0 Å². The molecule has 4 rings (SSSR count). The first-order valence-electron chi connectivity index (χ1n) is 9.83. The lowest BCUT2D eigenvalue weighted by molar-refractivity contribution is 0.256. The van der Waals surface area contributed by atoms with Crippen LogP contribution in [-0.2, 0) is 13.2 Å². The topological polar surface area (TPSA) is 69.8 Å². The zero-order valence-corrected chi connectivity index (χ0v) is 17.4. The number of aromatic nitrogens is 1. The van der Waals surface area contributed by atoms with Crippen LogP contribution in [0.1, 0.15) is 11.1 Å². The third kappa shape index (κ3) is 4.80. The highest BCUT2D eigenvalue weighted by Crippen LogP contribution is 2.32. The fourth-order valence-electron chi connectivity index (χ4n) is 3.17. The second-order valence-corrected chi connectivity index (χ2v) is 6.96. The van der Waals surface area contributed by atoms with E-state index in [4.69, 9.17) is 18.9 Å². The van der Waals surface area contributed by atoms with Crippen molar-refractivity contribution in [1.82, 2.24) is 4.98 Å². The van der Waals surface area contributed by atoms with Crippen molar-refractivity contribution in [2.24, 2.45) is 0 Å². The Hall–Kier alpha value is -3.93. The summed E-state index contributed by atoms with van der Waals surface area (Å²) in [5.74, 6) is 2.63. The molecule has 1 heterocycles. The molecular weight excluding hydrogens is 394 g/mol. The van der Waals surface area contributed by atoms with Crippen molar-refractivity contribution < 1.29 is 18.9 Å². The zero-order valence-electron chi connectivity index (χ0n) is 17.4. The Labute approximate surface area is 180 Å². The van der Waals surface area contributed by atoms with Crippen molar-refractivity contribution in [1.29, 1.82) is 0 Å². The van der Waals surface area contributed by atoms with Crippen LogP contribution >= 0.6 is 0 Å². The molecule has 0 aliphatic rings. The minimum Gasteiger partial charge on any atom is -0.497 e. The third-order valence-corrected chi connectivity index (χ3v) is 4.93. The van der Waals surface area contributed by atoms with Gasteiger partial charge in [0.25, 0.3) is 0 Å². The maximum Gasteiger partial charge on any atom is 0.189 e. The van der Waals surface area contributed by atoms with Gasteiger partial charge in [0.15, 0.2) is 16.9 Å². The molecule has 0 aliphatic carbocycles. The Balaban J connectivity index is 1.59. The van der Waals surface area contributed by atoms with Gasteiger partial charge in [0.2, 0.25) is 0 Å². The summed E-state index contributed by atoms with van der Waals surface area (Å²) >= 11 is 0. The number of aromatic amines is 1. The standard InChI is InChI=1S/C25H23NO5/c1-28-19-7-3-17(4-8-19)15-30-24-13-21-22(26-12-11-23(21)27)14-25(24)31-16-18-5-9-20(29-2)10-6-18/h3-14H,15-16H2,1-2H3,(H,26,27). The van der Waals surface area contributed by atoms with Crippen LogP contribution in [-0.4, -0.2) is 19.2 Å². The predicted octanol–water partition coefficient (Wildman–Crippen LogP) is 4.70. The molecule has 6 heteroatoms. The summed E-state index contributed by atoms with van der Waals surface area (Å²) in [6.07, 6.45) is 1.62. The minimum atomic E-state index is -0.0789. The Morgan fingerprint density at radius 1 is 0.710 bits per heavy atom. The largest absolute Gasteiger partial charge is 0.497 e. The fourth-order valence-corrected chi connectivity index (χ4v) is 3.17. The lowest BCUT2D eigenvalue weighted by atomic mass is 10.2. The van der Waals surface area contributed by atoms with E-state index in [1.165, 1.54) is 6.07 Å². The van der Waals surface area contributed by atoms with Gasteiger partial charge in [0.1, 0.15) is 24.7 Å². The van der Waals surface area contributed by atoms with Crippen LogP contribution in [0.5, 0.6) is 23.0 Å². The molecule has 0 radical (unpaired) electrons. The SMILES string of the molecule is COc1ccc(COc2cc3[nH]ccc(=O)c3cc2OCc2ccc(OC)cc2)cc1. The molecule has 3 aromatic carbocycles. The molecule has 0 saturated carbocycles. The van der Waals surface area contributed by atoms with Crippen molar-refractivity contribution >= 4 is 10.9 Å². The van der Waals surface area contributed by atoms with Crippen molar-refractivity contribution in [3.05, 3.63) is 94.3 Å². The average molecular weight is 417 g/mol. The summed E-state index contributed by atoms with van der Waals surface area (Å²) in [7, 11) is 3.26. The summed E-state index contributed by atoms with van der Waals surface area (Å²) < 4.78 is 22.5. The van der Waals surface area contributed by atoms with E-state index in [0.717, 1.165) is 22.6 Å². The maximum absolute atomic E-state index is 12.3. The molecule has 31 heavy (non-hydrogen) atoms. The maximum atomic E-state index is 12.3. The first-order chi connectivity index (χ1) is 15.2. The summed E-state index contributed by atoms with van der Waals surface area (Å²) in [4.78, 5) is 15.4. The number of hydrogen-bond acceptors (Lipinski definition) is 5. The zero-order chi connectivity index (χ0) is 21.6. The third-order valence-electron chi connectivity index (χ3n) is 4.93. The first-order valence-corrected chi connectivity index (χ1v) is 9.83. The number of benzene rings is 3. The first kappa shape index (κ1) is 20.3. The molecule has 0 spiro atoms. The Kier molecular flexibility index (Phi) is 6.08. The Morgan fingerprint density at radius 3 is 1.74 bits per heavy atom. The van der Waals surface area contributed by atoms with Gasteiger partial charge in [-0.05, 0) is 41.5 Å². The summed E-state index contributed by atoms with van der Waals surface area (Å²) in [5.41, 5.74) is 2.58. The molecule has 0 fully saturated rings. The van der Waals surface area contributed by atoms with Crippen molar-refractivity contribution in [2.45, 2.75) is 13.2 Å². The van der Waals surface area contributed by atoms with Gasteiger partial charge in [-0.25, -0.2) is 0 Å². The van der Waals surface area contributed by atoms with Crippen LogP contribution in [0.25, 0.3) is 10.9 Å². The molecule has 1 N–H and O–H groups in total. The highest BCUT2D eigenvalue weighted by molar-refractivity contribution is 5.82. The van der Waals surface area contributed by atoms with E-state index in [2.05, 4.69) is 4.98 Å². The van der Waals surface area contributed by atoms with Crippen molar-refractivity contribution in [3.8, 4) is 23.0 Å². The number of fused-ring (bicyclic) bond motifs is 1. The molecule has 1 aromatic heterocycles. The molecule has 0 unspecified atom stereocenters. The van der Waals surface area contributed by atoms with E-state index in [-0.39, 0.29) is 5.43 Å². The van der Waals surface area contributed by atoms with Gasteiger partial charge in [-0.1, -0.05) is 24.3 Å². The summed E-state index contributed by atoms with van der Waals surface area (Å²) in [5, 5.41) is 0.545. The smallest absolute Gasteiger partial charge is 0.189 e. The lowest BCUT2D eigenvalue weighted by Gasteiger charge is -2.14. The van der Waals surface area contributed by atoms with E-state index in [1.54, 1.807) is 32.5 Å². The number of nitrogens with one attached hydrogen (secondary N) is 1. The Bertz CT molecular complexity index is 1210. The van der Waals surface area contributed by atoms with E-state index >= 15 is 0 Å². The molecule has 0 saturated heterocycles. The average Bonchev–Trinajstić information content (AvgIpc) is 2.82. The predicted molar refractivity (Wildman–Crippen MR) is 119 cm³/mol. The van der Waals surface area contributed by atoms with Gasteiger partial charge >= 0.3 is 0 Å². The van der Waals surface area contributed by atoms with Gasteiger partial charge in [0.05, 0.1) is 19.7 Å². The normalized spacial score (nSPS) is 10.6. The highest BCUT2D eigenvalue weighted by atomic mass is 16.5. The summed E-state index contributed by atoms with van der Waals surface area (Å²) in [6.45, 7) is 0.685. The van der Waals surface area contributed by atoms with Crippen molar-refractivity contribution in [3.63, 3.8) is 0 Å². The molecule has 6 nitrogen and oxygen atoms in total. The van der Waals surface area contributed by atoms with Crippen LogP contribution in [0, 0.1) is 0 Å². The quantitative estimate of drug-likeness (QED) is 0.450. The number of methoxy groups -OCH3 is 2. The second-order valence-electron chi connectivity index (χ2n) is 6.96. The van der Waals surface area contributed by atoms with Crippen LogP contribution in [0.3, 0.4) is 0 Å². The van der Waals surface area contributed by atoms with Gasteiger partial charge in [-0.2, -0.15) is 0 Å². The number of ether oxygens (including phenoxy) is 4. The molecule has 0 atom stereocenters. The van der Waals surface area contributed by atoms with E-state index in [0.29, 0.717) is 35.6 Å². The van der Waals surface area contributed by atoms with Gasteiger partial charge in [-0.15, -0.1) is 0 Å². The molecule has 158 valence electrons. The minimum absolute atomic E-state index is 0.0789. The second kappa shape index (κ2) is 9.26. The van der Waals surface area contributed by atoms with Crippen molar-refractivity contribution in [2.75, 3.05) is 14.2 Å². The molecule has 4 aromatic rings. The van der Waals surface area contributed by atoms with E-state index in [1.807, 2.05) is 48.5 Å². The number of rotatable bonds is 8. The van der Waals surface area contributed by atoms with Gasteiger partial charge < -0.3 is 23.9 Å². The molecular formula is C25H23NO5. The van der Waals surface area contributed by atoms with Crippen LogP contribution < -0.4 is 24.4 Å². The van der Waals surface area contributed by atoms with E-state index in [9.17, 15) is 4.79 Å². The van der Waals surface area contributed by atoms with Crippen LogP contribution in [0.15, 0.2) is 77.7 Å². The number of H-pyrrole nitrogens is 1. The van der Waals surface area contributed by atoms with Crippen LogP contribution in [0.4, 0.5) is 0 Å². The van der Waals surface area contributed by atoms with Gasteiger partial charge in [-0.3, -0.25) is 4.79 Å². The number of hydrogen-bond donors (Lipinski definition) is 1. The summed E-state index contributed by atoms with van der Waals surface area (Å²) in [6, 6.07) is 20.3. The molecule has 0 bridgehead atoms. The molecule has 0 aliphatic heterocycles. The van der Waals surface area contributed by atoms with Gasteiger partial charge in [0, 0.05) is 23.7 Å². The van der Waals surface area contributed by atoms with E-state index < -0.39 is 0 Å². The number of pyridine rings is 1. The Morgan fingerprint density at radius 2 is 1.23 bits per heavy atom. The molecule has 0 amide bonds.